The summed E-state index contributed by atoms with van der Waals surface area (Å²) in [6.45, 7) is 0.521. The van der Waals surface area contributed by atoms with E-state index in [9.17, 15) is 14.4 Å². The zero-order chi connectivity index (χ0) is 17.8. The van der Waals surface area contributed by atoms with Crippen LogP contribution in [0, 0.1) is 0 Å². The van der Waals surface area contributed by atoms with Gasteiger partial charge in [-0.25, -0.2) is 0 Å². The van der Waals surface area contributed by atoms with Crippen LogP contribution in [0.5, 0.6) is 0 Å². The van der Waals surface area contributed by atoms with E-state index in [1.165, 1.54) is 4.90 Å². The molecule has 0 spiro atoms. The maximum Gasteiger partial charge on any atom is 0.323 e. The molecule has 2 atom stereocenters. The van der Waals surface area contributed by atoms with Crippen LogP contribution in [0.15, 0.2) is 24.3 Å². The molecule has 7 nitrogen and oxygen atoms in total. The summed E-state index contributed by atoms with van der Waals surface area (Å²) < 4.78 is 5.63. The van der Waals surface area contributed by atoms with Crippen LogP contribution >= 0.6 is 0 Å². The molecule has 2 unspecified atom stereocenters. The molecule has 2 N–H and O–H groups in total. The van der Waals surface area contributed by atoms with E-state index >= 15 is 0 Å². The number of carbonyl (C=O) groups excluding carboxylic acids is 2. The second-order valence-corrected chi connectivity index (χ2v) is 6.41. The van der Waals surface area contributed by atoms with Gasteiger partial charge < -0.3 is 20.1 Å². The molecule has 134 valence electrons. The highest BCUT2D eigenvalue weighted by atomic mass is 16.5. The molecular formula is C18H22N2O5. The maximum absolute atomic E-state index is 12.7. The number of nitrogens with one attached hydrogen (secondary N) is 1. The Morgan fingerprint density at radius 2 is 2.08 bits per heavy atom. The molecule has 1 fully saturated rings. The van der Waals surface area contributed by atoms with E-state index in [1.54, 1.807) is 0 Å². The van der Waals surface area contributed by atoms with Gasteiger partial charge in [-0.2, -0.15) is 0 Å². The van der Waals surface area contributed by atoms with Crippen LogP contribution in [0.25, 0.3) is 0 Å². The Morgan fingerprint density at radius 1 is 1.28 bits per heavy atom. The minimum Gasteiger partial charge on any atom is -0.480 e. The number of aliphatic carboxylic acids is 1. The van der Waals surface area contributed by atoms with Crippen molar-refractivity contribution in [3.05, 3.63) is 35.4 Å². The molecule has 1 saturated heterocycles. The molecule has 0 saturated carbocycles. The Morgan fingerprint density at radius 3 is 2.88 bits per heavy atom. The van der Waals surface area contributed by atoms with Crippen LogP contribution in [0.4, 0.5) is 0 Å². The van der Waals surface area contributed by atoms with Crippen molar-refractivity contribution in [2.45, 2.75) is 37.8 Å². The number of rotatable bonds is 4. The molecule has 0 radical (unpaired) electrons. The van der Waals surface area contributed by atoms with Crippen molar-refractivity contribution in [1.29, 1.82) is 0 Å². The number of amides is 2. The van der Waals surface area contributed by atoms with E-state index in [-0.39, 0.29) is 18.4 Å². The Hall–Kier alpha value is -2.41. The number of ether oxygens (including phenoxy) is 1. The number of carboxylic acid groups (broad SMARTS) is 1. The molecule has 0 aromatic heterocycles. The second kappa shape index (κ2) is 7.65. The third kappa shape index (κ3) is 3.99. The van der Waals surface area contributed by atoms with E-state index in [4.69, 9.17) is 9.84 Å². The quantitative estimate of drug-likeness (QED) is 0.844. The molecule has 2 aliphatic heterocycles. The summed E-state index contributed by atoms with van der Waals surface area (Å²) in [7, 11) is 0. The highest BCUT2D eigenvalue weighted by Gasteiger charge is 2.33. The van der Waals surface area contributed by atoms with Crippen LogP contribution < -0.4 is 5.32 Å². The van der Waals surface area contributed by atoms with E-state index in [0.29, 0.717) is 19.6 Å². The first kappa shape index (κ1) is 17.4. The highest BCUT2D eigenvalue weighted by molar-refractivity contribution is 5.91. The minimum absolute atomic E-state index is 0.336. The van der Waals surface area contributed by atoms with Gasteiger partial charge in [0.1, 0.15) is 12.6 Å². The molecule has 25 heavy (non-hydrogen) atoms. The molecule has 1 aromatic carbocycles. The lowest BCUT2D eigenvalue weighted by atomic mass is 9.97. The van der Waals surface area contributed by atoms with Crippen molar-refractivity contribution in [2.75, 3.05) is 19.7 Å². The number of fused-ring (bicyclic) bond motifs is 1. The monoisotopic (exact) mass is 346 g/mol. The maximum atomic E-state index is 12.7. The van der Waals surface area contributed by atoms with Gasteiger partial charge in [-0.3, -0.25) is 14.4 Å². The summed E-state index contributed by atoms with van der Waals surface area (Å²) in [5, 5.41) is 11.7. The minimum atomic E-state index is -1.05. The van der Waals surface area contributed by atoms with Gasteiger partial charge in [0.25, 0.3) is 5.91 Å². The summed E-state index contributed by atoms with van der Waals surface area (Å²) in [5.74, 6) is -1.73. The highest BCUT2D eigenvalue weighted by Crippen LogP contribution is 2.27. The van der Waals surface area contributed by atoms with Crippen molar-refractivity contribution >= 4 is 17.8 Å². The fourth-order valence-corrected chi connectivity index (χ4v) is 3.42. The van der Waals surface area contributed by atoms with Gasteiger partial charge in [0.15, 0.2) is 6.10 Å². The Labute approximate surface area is 146 Å². The third-order valence-corrected chi connectivity index (χ3v) is 4.65. The van der Waals surface area contributed by atoms with Gasteiger partial charge in [0, 0.05) is 6.54 Å². The number of nitrogens with zero attached hydrogens (tertiary/aromatic N) is 1. The first-order valence-electron chi connectivity index (χ1n) is 8.56. The predicted octanol–water partition coefficient (Wildman–Crippen LogP) is 0.882. The summed E-state index contributed by atoms with van der Waals surface area (Å²) in [5.41, 5.74) is 1.91. The van der Waals surface area contributed by atoms with Gasteiger partial charge >= 0.3 is 5.97 Å². The molecule has 2 amide bonds. The summed E-state index contributed by atoms with van der Waals surface area (Å²) in [4.78, 5) is 37.5. The van der Waals surface area contributed by atoms with Crippen molar-refractivity contribution in [1.82, 2.24) is 10.2 Å². The first-order valence-corrected chi connectivity index (χ1v) is 8.56. The fourth-order valence-electron chi connectivity index (χ4n) is 3.42. The molecule has 2 heterocycles. The molecule has 0 aliphatic carbocycles. The molecule has 1 aromatic rings. The SMILES string of the molecule is O=C(O)CN1CCCCC(NC(=O)C2OCCc3ccccc32)C1=O. The van der Waals surface area contributed by atoms with Crippen LogP contribution in [-0.2, 0) is 25.5 Å². The van der Waals surface area contributed by atoms with Gasteiger partial charge in [-0.1, -0.05) is 24.3 Å². The largest absolute Gasteiger partial charge is 0.480 e. The van der Waals surface area contributed by atoms with Gasteiger partial charge in [0.2, 0.25) is 5.91 Å². The van der Waals surface area contributed by atoms with Gasteiger partial charge in [0.05, 0.1) is 6.61 Å². The average molecular weight is 346 g/mol. The lowest BCUT2D eigenvalue weighted by molar-refractivity contribution is -0.146. The van der Waals surface area contributed by atoms with Gasteiger partial charge in [-0.05, 0) is 36.8 Å². The molecule has 2 aliphatic rings. The normalized spacial score (nSPS) is 23.5. The zero-order valence-electron chi connectivity index (χ0n) is 13.9. The van der Waals surface area contributed by atoms with Crippen LogP contribution in [0.2, 0.25) is 0 Å². The van der Waals surface area contributed by atoms with E-state index in [2.05, 4.69) is 5.32 Å². The lowest BCUT2D eigenvalue weighted by Gasteiger charge is -2.28. The Balaban J connectivity index is 1.71. The molecule has 3 rings (SSSR count). The van der Waals surface area contributed by atoms with Crippen molar-refractivity contribution in [3.8, 4) is 0 Å². The zero-order valence-corrected chi connectivity index (χ0v) is 13.9. The number of hydrogen-bond donors (Lipinski definition) is 2. The molecule has 7 heteroatoms. The average Bonchev–Trinajstić information content (AvgIpc) is 2.77. The molecular weight excluding hydrogens is 324 g/mol. The summed E-state index contributed by atoms with van der Waals surface area (Å²) in [6, 6.07) is 6.93. The Kier molecular flexibility index (Phi) is 5.33. The van der Waals surface area contributed by atoms with Gasteiger partial charge in [-0.15, -0.1) is 0 Å². The number of carbonyl (C=O) groups is 3. The van der Waals surface area contributed by atoms with Crippen LogP contribution in [0.3, 0.4) is 0 Å². The Bertz CT molecular complexity index is 675. The number of hydrogen-bond acceptors (Lipinski definition) is 4. The molecule has 0 bridgehead atoms. The van der Waals surface area contributed by atoms with Crippen molar-refractivity contribution in [3.63, 3.8) is 0 Å². The standard InChI is InChI=1S/C18H22N2O5/c21-15(22)11-20-9-4-3-7-14(18(20)24)19-17(23)16-13-6-2-1-5-12(13)8-10-25-16/h1-2,5-6,14,16H,3-4,7-11H2,(H,19,23)(H,21,22). The predicted molar refractivity (Wildman–Crippen MR) is 88.8 cm³/mol. The van der Waals surface area contributed by atoms with Crippen LogP contribution in [0.1, 0.15) is 36.5 Å². The smallest absolute Gasteiger partial charge is 0.323 e. The van der Waals surface area contributed by atoms with E-state index in [1.807, 2.05) is 24.3 Å². The first-order chi connectivity index (χ1) is 12.1. The number of likely N-dealkylation sites (tertiary alicyclic amines) is 1. The fraction of sp³-hybridized carbons (Fsp3) is 0.500. The second-order valence-electron chi connectivity index (χ2n) is 6.41. The van der Waals surface area contributed by atoms with E-state index in [0.717, 1.165) is 30.4 Å². The van der Waals surface area contributed by atoms with Crippen molar-refractivity contribution in [2.24, 2.45) is 0 Å². The van der Waals surface area contributed by atoms with Crippen LogP contribution in [-0.4, -0.2) is 53.5 Å². The topological polar surface area (TPSA) is 95.9 Å². The van der Waals surface area contributed by atoms with Crippen molar-refractivity contribution < 1.29 is 24.2 Å². The third-order valence-electron chi connectivity index (χ3n) is 4.65. The number of benzene rings is 1. The summed E-state index contributed by atoms with van der Waals surface area (Å²) >= 11 is 0. The summed E-state index contributed by atoms with van der Waals surface area (Å²) in [6.07, 6.45) is 2.03. The number of carboxylic acids is 1. The lowest BCUT2D eigenvalue weighted by Crippen LogP contribution is -2.50. The van der Waals surface area contributed by atoms with E-state index < -0.39 is 18.1 Å².